The van der Waals surface area contributed by atoms with Gasteiger partial charge in [-0.05, 0) is 44.2 Å². The molecule has 5 rings (SSSR count). The van der Waals surface area contributed by atoms with Gasteiger partial charge in [0.15, 0.2) is 0 Å². The van der Waals surface area contributed by atoms with Gasteiger partial charge in [-0.3, -0.25) is 14.4 Å². The highest BCUT2D eigenvalue weighted by atomic mass is 16.6. The Morgan fingerprint density at radius 2 is 1.98 bits per heavy atom. The number of ether oxygens (including phenoxy) is 2. The van der Waals surface area contributed by atoms with Crippen LogP contribution in [0.2, 0.25) is 0 Å². The third-order valence-corrected chi connectivity index (χ3v) is 9.21. The van der Waals surface area contributed by atoms with E-state index >= 15 is 0 Å². The summed E-state index contributed by atoms with van der Waals surface area (Å²) in [6.45, 7) is 10.3. The number of fused-ring (bicyclic) bond motifs is 2. The molecule has 3 aliphatic rings. The van der Waals surface area contributed by atoms with E-state index in [0.717, 1.165) is 18.4 Å². The quantitative estimate of drug-likeness (QED) is 0.194. The van der Waals surface area contributed by atoms with Crippen LogP contribution in [0.15, 0.2) is 49.6 Å². The lowest BCUT2D eigenvalue weighted by atomic mass is 9.65. The van der Waals surface area contributed by atoms with Gasteiger partial charge in [-0.25, -0.2) is 4.68 Å². The van der Waals surface area contributed by atoms with Gasteiger partial charge in [0.05, 0.1) is 17.0 Å². The minimum atomic E-state index is -1.14. The monoisotopic (exact) mass is 579 g/mol. The number of amides is 2. The van der Waals surface area contributed by atoms with Crippen molar-refractivity contribution in [2.24, 2.45) is 11.8 Å². The molecule has 0 radical (unpaired) electrons. The first-order chi connectivity index (χ1) is 20.4. The molecule has 1 aromatic carbocycles. The first-order valence-electron chi connectivity index (χ1n) is 14.9. The lowest BCUT2D eigenvalue weighted by molar-refractivity contribution is -0.161. The van der Waals surface area contributed by atoms with Crippen molar-refractivity contribution in [3.63, 3.8) is 0 Å². The van der Waals surface area contributed by atoms with Crippen molar-refractivity contribution in [1.82, 2.24) is 24.8 Å². The Hall–Kier alpha value is -3.57. The summed E-state index contributed by atoms with van der Waals surface area (Å²) in [7, 11) is 0. The van der Waals surface area contributed by atoms with Crippen LogP contribution in [0.5, 0.6) is 0 Å². The average molecular weight is 580 g/mol. The van der Waals surface area contributed by atoms with Crippen molar-refractivity contribution in [1.29, 1.82) is 0 Å². The molecule has 2 bridgehead atoms. The largest absolute Gasteiger partial charge is 0.461 e. The Morgan fingerprint density at radius 3 is 2.71 bits per heavy atom. The molecule has 3 fully saturated rings. The van der Waals surface area contributed by atoms with Crippen molar-refractivity contribution in [2.75, 3.05) is 26.3 Å². The van der Waals surface area contributed by atoms with Crippen molar-refractivity contribution in [3.8, 4) is 0 Å². The van der Waals surface area contributed by atoms with E-state index < -0.39 is 35.0 Å². The number of carbonyl (C=O) groups excluding carboxylic acids is 3. The fourth-order valence-electron chi connectivity index (χ4n) is 7.30. The van der Waals surface area contributed by atoms with Crippen LogP contribution in [0.4, 0.5) is 0 Å². The summed E-state index contributed by atoms with van der Waals surface area (Å²) in [4.78, 5) is 45.6. The van der Waals surface area contributed by atoms with Gasteiger partial charge < -0.3 is 24.4 Å². The van der Waals surface area contributed by atoms with E-state index in [1.807, 2.05) is 31.2 Å². The van der Waals surface area contributed by atoms with Gasteiger partial charge in [-0.1, -0.05) is 55.8 Å². The summed E-state index contributed by atoms with van der Waals surface area (Å²) >= 11 is 0. The molecular formula is C31H41N5O6. The molecule has 1 spiro atoms. The SMILES string of the molecule is C=CCOC(=O)[C@@H]1[C@H]2C(=O)N(CCCCCCO)C(C(=O)N(CC=C)Cn3nnc4ccccc43)C23CC[C@@]1(CC)O3. The smallest absolute Gasteiger partial charge is 0.313 e. The Bertz CT molecular complexity index is 1340. The van der Waals surface area contributed by atoms with E-state index in [-0.39, 0.29) is 38.2 Å². The first kappa shape index (κ1) is 29.9. The minimum Gasteiger partial charge on any atom is -0.461 e. The van der Waals surface area contributed by atoms with Crippen molar-refractivity contribution < 1.29 is 29.0 Å². The molecule has 4 heterocycles. The molecule has 11 nitrogen and oxygen atoms in total. The second-order valence-corrected chi connectivity index (χ2v) is 11.5. The van der Waals surface area contributed by atoms with Crippen LogP contribution in [0.25, 0.3) is 11.0 Å². The van der Waals surface area contributed by atoms with Gasteiger partial charge in [0, 0.05) is 19.7 Å². The van der Waals surface area contributed by atoms with E-state index in [0.29, 0.717) is 44.2 Å². The third-order valence-electron chi connectivity index (χ3n) is 9.21. The van der Waals surface area contributed by atoms with Crippen LogP contribution < -0.4 is 0 Å². The zero-order valence-electron chi connectivity index (χ0n) is 24.3. The van der Waals surface area contributed by atoms with Crippen LogP contribution in [-0.2, 0) is 30.5 Å². The second-order valence-electron chi connectivity index (χ2n) is 11.5. The molecule has 42 heavy (non-hydrogen) atoms. The molecule has 0 aliphatic carbocycles. The fraction of sp³-hybridized carbons (Fsp3) is 0.581. The predicted molar refractivity (Wildman–Crippen MR) is 155 cm³/mol. The fourth-order valence-corrected chi connectivity index (χ4v) is 7.30. The molecule has 2 amide bonds. The summed E-state index contributed by atoms with van der Waals surface area (Å²) < 4.78 is 14.0. The van der Waals surface area contributed by atoms with Crippen LogP contribution in [0.3, 0.4) is 0 Å². The van der Waals surface area contributed by atoms with Crippen LogP contribution in [-0.4, -0.2) is 91.2 Å². The Labute approximate surface area is 246 Å². The summed E-state index contributed by atoms with van der Waals surface area (Å²) in [6.07, 6.45) is 7.70. The third kappa shape index (κ3) is 4.92. The average Bonchev–Trinajstić information content (AvgIpc) is 3.72. The molecule has 3 saturated heterocycles. The van der Waals surface area contributed by atoms with E-state index in [1.54, 1.807) is 20.6 Å². The van der Waals surface area contributed by atoms with Gasteiger partial charge in [-0.15, -0.1) is 11.7 Å². The standard InChI is InChI=1S/C31H41N5O6/c1-4-17-34(21-36-23-14-10-9-13-22(23)32-33-36)28(39)26-31-16-15-30(6-3,42-31)25(29(40)41-20-5-2)24(31)27(38)35(26)18-11-7-8-12-19-37/h4-5,9-10,13-14,24-26,37H,1-2,6-8,11-12,15-21H2,3H3/t24-,25-,26?,30+,31?/m0/s1. The normalized spacial score (nSPS) is 27.8. The number of rotatable bonds is 15. The molecule has 1 N–H and O–H groups in total. The van der Waals surface area contributed by atoms with Crippen molar-refractivity contribution >= 4 is 28.8 Å². The number of aliphatic hydroxyl groups is 1. The molecule has 11 heteroatoms. The summed E-state index contributed by atoms with van der Waals surface area (Å²) in [5.74, 6) is -2.61. The van der Waals surface area contributed by atoms with Crippen LogP contribution in [0.1, 0.15) is 51.9 Å². The summed E-state index contributed by atoms with van der Waals surface area (Å²) in [5, 5.41) is 17.7. The molecule has 3 aliphatic heterocycles. The van der Waals surface area contributed by atoms with Gasteiger partial charge in [0.2, 0.25) is 11.8 Å². The number of hydrogen-bond acceptors (Lipinski definition) is 8. The van der Waals surface area contributed by atoms with Gasteiger partial charge in [0.25, 0.3) is 0 Å². The molecule has 2 aromatic rings. The maximum atomic E-state index is 14.6. The molecule has 5 atom stereocenters. The number of likely N-dealkylation sites (tertiary alicyclic amines) is 1. The Morgan fingerprint density at radius 1 is 1.19 bits per heavy atom. The number of para-hydroxylation sites is 1. The maximum absolute atomic E-state index is 14.6. The maximum Gasteiger partial charge on any atom is 0.313 e. The summed E-state index contributed by atoms with van der Waals surface area (Å²) in [6, 6.07) is 6.61. The highest BCUT2D eigenvalue weighted by Gasteiger charge is 2.79. The second kappa shape index (κ2) is 12.3. The predicted octanol–water partition coefficient (Wildman–Crippen LogP) is 2.84. The van der Waals surface area contributed by atoms with Gasteiger partial charge >= 0.3 is 5.97 Å². The number of carbonyl (C=O) groups is 3. The molecule has 2 unspecified atom stereocenters. The number of benzene rings is 1. The number of aromatic nitrogens is 3. The van der Waals surface area contributed by atoms with Crippen LogP contribution >= 0.6 is 0 Å². The van der Waals surface area contributed by atoms with Gasteiger partial charge in [0.1, 0.15) is 36.4 Å². The number of nitrogens with zero attached hydrogens (tertiary/aromatic N) is 5. The Kier molecular flexibility index (Phi) is 8.79. The zero-order chi connectivity index (χ0) is 29.9. The lowest BCUT2D eigenvalue weighted by Gasteiger charge is -2.36. The number of hydrogen-bond donors (Lipinski definition) is 1. The van der Waals surface area contributed by atoms with E-state index in [4.69, 9.17) is 9.47 Å². The number of esters is 1. The van der Waals surface area contributed by atoms with E-state index in [2.05, 4.69) is 23.5 Å². The number of unbranched alkanes of at least 4 members (excludes halogenated alkanes) is 3. The topological polar surface area (TPSA) is 127 Å². The molecular weight excluding hydrogens is 538 g/mol. The van der Waals surface area contributed by atoms with Crippen molar-refractivity contribution in [3.05, 3.63) is 49.6 Å². The zero-order valence-corrected chi connectivity index (χ0v) is 24.3. The highest BCUT2D eigenvalue weighted by molar-refractivity contribution is 5.98. The lowest BCUT2D eigenvalue weighted by Crippen LogP contribution is -2.56. The summed E-state index contributed by atoms with van der Waals surface area (Å²) in [5.41, 5.74) is -0.509. The van der Waals surface area contributed by atoms with E-state index in [1.165, 1.54) is 6.08 Å². The molecule has 226 valence electrons. The van der Waals surface area contributed by atoms with Gasteiger partial charge in [-0.2, -0.15) is 0 Å². The van der Waals surface area contributed by atoms with Crippen LogP contribution in [0, 0.1) is 11.8 Å². The molecule has 1 aromatic heterocycles. The molecule has 0 saturated carbocycles. The number of aliphatic hydroxyl groups excluding tert-OH is 1. The Balaban J connectivity index is 1.51. The first-order valence-corrected chi connectivity index (χ1v) is 14.9. The van der Waals surface area contributed by atoms with Crippen molar-refractivity contribution in [2.45, 2.75) is 75.8 Å². The highest BCUT2D eigenvalue weighted by Crippen LogP contribution is 2.64. The van der Waals surface area contributed by atoms with E-state index in [9.17, 15) is 19.5 Å². The minimum absolute atomic E-state index is 0.0406.